The summed E-state index contributed by atoms with van der Waals surface area (Å²) in [4.78, 5) is 6.69. The zero-order valence-electron chi connectivity index (χ0n) is 35.9. The predicted octanol–water partition coefficient (Wildman–Crippen LogP) is 10.8. The molecular weight excluding hydrogens is 625 g/mol. The fourth-order valence-corrected chi connectivity index (χ4v) is 3.99. The number of unbranched alkanes of at least 4 members (excludes halogenated alkanes) is 15. The quantitative estimate of drug-likeness (QED) is 0.0506. The van der Waals surface area contributed by atoms with Gasteiger partial charge in [0.05, 0.1) is 0 Å². The van der Waals surface area contributed by atoms with Gasteiger partial charge in [0.2, 0.25) is 0 Å². The summed E-state index contributed by atoms with van der Waals surface area (Å²) in [6, 6.07) is 0. The van der Waals surface area contributed by atoms with Crippen molar-refractivity contribution in [3.63, 3.8) is 0 Å². The molecule has 0 spiro atoms. The van der Waals surface area contributed by atoms with E-state index < -0.39 is 0 Å². The van der Waals surface area contributed by atoms with Crippen molar-refractivity contribution in [1.29, 1.82) is 0 Å². The van der Waals surface area contributed by atoms with Crippen LogP contribution in [0.2, 0.25) is 0 Å². The van der Waals surface area contributed by atoms with Gasteiger partial charge in [-0.05, 0) is 191 Å². The average molecular weight is 721 g/mol. The molecule has 0 amide bonds. The first-order valence-electron chi connectivity index (χ1n) is 20.3. The lowest BCUT2D eigenvalue weighted by Gasteiger charge is -2.07. The molecule has 0 aromatic heterocycles. The van der Waals surface area contributed by atoms with Crippen LogP contribution in [0.3, 0.4) is 0 Å². The van der Waals surface area contributed by atoms with Crippen molar-refractivity contribution in [3.05, 3.63) is 75.9 Å². The van der Waals surface area contributed by atoms with Gasteiger partial charge in [0.25, 0.3) is 0 Å². The van der Waals surface area contributed by atoms with Gasteiger partial charge in [-0.2, -0.15) is 0 Å². The van der Waals surface area contributed by atoms with Crippen molar-refractivity contribution in [2.45, 2.75) is 135 Å². The van der Waals surface area contributed by atoms with Crippen molar-refractivity contribution >= 4 is 0 Å². The summed E-state index contributed by atoms with van der Waals surface area (Å²) >= 11 is 0. The van der Waals surface area contributed by atoms with E-state index in [1.165, 1.54) is 110 Å². The summed E-state index contributed by atoms with van der Waals surface area (Å²) in [5.41, 5.74) is 15.7. The van der Waals surface area contributed by atoms with Gasteiger partial charge >= 0.3 is 0 Å². The molecule has 0 aliphatic rings. The van der Waals surface area contributed by atoms with Gasteiger partial charge in [0.1, 0.15) is 0 Å². The molecule has 0 bridgehead atoms. The Morgan fingerprint density at radius 3 is 0.765 bits per heavy atom. The Hall–Kier alpha value is -1.80. The Bertz CT molecular complexity index is 630. The van der Waals surface area contributed by atoms with E-state index in [-0.39, 0.29) is 0 Å². The minimum atomic E-state index is 0.784. The van der Waals surface area contributed by atoms with E-state index in [4.69, 9.17) is 17.2 Å². The van der Waals surface area contributed by atoms with Gasteiger partial charge in [0.15, 0.2) is 0 Å². The second-order valence-electron chi connectivity index (χ2n) is 13.5. The fraction of sp³-hybridized carbons (Fsp3) is 0.733. The molecular formula is C45H96N6. The number of nitrogens with two attached hydrogens (primary N) is 3. The van der Waals surface area contributed by atoms with E-state index in [2.05, 4.69) is 96.5 Å². The average Bonchev–Trinajstić information content (AvgIpc) is 3.10. The van der Waals surface area contributed by atoms with Crippen molar-refractivity contribution in [2.75, 3.05) is 81.6 Å². The van der Waals surface area contributed by atoms with Crippen LogP contribution >= 0.6 is 0 Å². The molecule has 0 radical (unpaired) electrons. The SMILES string of the molecule is C=CCCCCCCN(C)C.C=CCCCCCN.C=CCCCCCN(C)C.C=CCCCCN.C=CCCCCN(C)C.C=CCCCN. The number of hydrogen-bond acceptors (Lipinski definition) is 6. The first-order chi connectivity index (χ1) is 24.6. The lowest BCUT2D eigenvalue weighted by molar-refractivity contribution is 0.390. The van der Waals surface area contributed by atoms with E-state index in [9.17, 15) is 0 Å². The Morgan fingerprint density at radius 1 is 0.294 bits per heavy atom. The molecule has 306 valence electrons. The number of nitrogens with zero attached hydrogens (tertiary/aromatic N) is 3. The Kier molecular flexibility index (Phi) is 79.8. The number of hydrogen-bond donors (Lipinski definition) is 3. The summed E-state index contributed by atoms with van der Waals surface area (Å²) in [7, 11) is 12.7. The van der Waals surface area contributed by atoms with Crippen molar-refractivity contribution in [1.82, 2.24) is 14.7 Å². The second-order valence-corrected chi connectivity index (χ2v) is 13.5. The molecule has 0 unspecified atom stereocenters. The molecule has 0 fully saturated rings. The minimum absolute atomic E-state index is 0.784. The highest BCUT2D eigenvalue weighted by Crippen LogP contribution is 2.03. The van der Waals surface area contributed by atoms with Gasteiger partial charge in [0, 0.05) is 0 Å². The monoisotopic (exact) mass is 721 g/mol. The van der Waals surface area contributed by atoms with Crippen LogP contribution in [-0.4, -0.2) is 96.3 Å². The van der Waals surface area contributed by atoms with Crippen LogP contribution in [0.1, 0.15) is 135 Å². The third kappa shape index (κ3) is 106. The largest absolute Gasteiger partial charge is 0.330 e. The molecule has 51 heavy (non-hydrogen) atoms. The summed E-state index contributed by atoms with van der Waals surface area (Å²) < 4.78 is 0. The molecule has 6 heteroatoms. The van der Waals surface area contributed by atoms with Gasteiger partial charge in [-0.25, -0.2) is 0 Å². The van der Waals surface area contributed by atoms with Crippen LogP contribution in [0.15, 0.2) is 75.9 Å². The third-order valence-corrected chi connectivity index (χ3v) is 7.13. The smallest absolute Gasteiger partial charge is 0.00247 e. The summed E-state index contributed by atoms with van der Waals surface area (Å²) in [6.45, 7) is 27.9. The van der Waals surface area contributed by atoms with Crippen LogP contribution in [-0.2, 0) is 0 Å². The van der Waals surface area contributed by atoms with E-state index in [1.54, 1.807) is 0 Å². The predicted molar refractivity (Wildman–Crippen MR) is 241 cm³/mol. The highest BCUT2D eigenvalue weighted by atomic mass is 15.1. The molecule has 0 aromatic carbocycles. The van der Waals surface area contributed by atoms with E-state index in [1.807, 2.05) is 36.5 Å². The molecule has 0 heterocycles. The molecule has 0 saturated heterocycles. The molecule has 0 rings (SSSR count). The normalized spacial score (nSPS) is 9.65. The van der Waals surface area contributed by atoms with Crippen LogP contribution in [0.4, 0.5) is 0 Å². The third-order valence-electron chi connectivity index (χ3n) is 7.13. The molecule has 0 aliphatic carbocycles. The van der Waals surface area contributed by atoms with E-state index >= 15 is 0 Å². The van der Waals surface area contributed by atoms with Crippen molar-refractivity contribution < 1.29 is 0 Å². The molecule has 0 aliphatic heterocycles. The zero-order valence-corrected chi connectivity index (χ0v) is 35.9. The lowest BCUT2D eigenvalue weighted by Crippen LogP contribution is -2.12. The molecule has 0 atom stereocenters. The number of allylic oxidation sites excluding steroid dienone is 6. The van der Waals surface area contributed by atoms with Crippen LogP contribution in [0, 0.1) is 0 Å². The molecule has 0 aromatic rings. The first-order valence-corrected chi connectivity index (χ1v) is 20.3. The second kappa shape index (κ2) is 66.4. The van der Waals surface area contributed by atoms with Crippen LogP contribution in [0.25, 0.3) is 0 Å². The van der Waals surface area contributed by atoms with Gasteiger partial charge < -0.3 is 31.9 Å². The van der Waals surface area contributed by atoms with Gasteiger partial charge in [-0.15, -0.1) is 39.5 Å². The summed E-state index contributed by atoms with van der Waals surface area (Å²) in [5.74, 6) is 0. The maximum atomic E-state index is 5.28. The minimum Gasteiger partial charge on any atom is -0.330 e. The highest BCUT2D eigenvalue weighted by Gasteiger charge is 1.91. The van der Waals surface area contributed by atoms with E-state index in [0.717, 1.165) is 64.6 Å². The standard InChI is InChI=1S/C10H21N.C9H19N.C8H17N.C7H15N.C6H13N.C5H11N/c1-4-5-6-7-8-9-10-11(2)3;1-4-5-6-7-8-9-10(2)3;1-4-5-6-7-8-9(2)3;1-2-3-4-5-6-7-8;1-2-3-4-5-6-7;1-2-3-4-5-6/h4H,1,5-10H2,2-3H3;4H,1,5-9H2,2-3H3;4H,1,5-8H2,2-3H3;2H,1,3-8H2;2H,1,3-7H2;2H,1,3-6H2. The van der Waals surface area contributed by atoms with Crippen molar-refractivity contribution in [3.8, 4) is 0 Å². The number of rotatable bonds is 30. The fourth-order valence-electron chi connectivity index (χ4n) is 3.99. The maximum absolute atomic E-state index is 5.28. The van der Waals surface area contributed by atoms with Crippen LogP contribution in [0.5, 0.6) is 0 Å². The molecule has 6 nitrogen and oxygen atoms in total. The van der Waals surface area contributed by atoms with Gasteiger partial charge in [-0.1, -0.05) is 62.1 Å². The highest BCUT2D eigenvalue weighted by molar-refractivity contribution is 4.68. The van der Waals surface area contributed by atoms with E-state index in [0.29, 0.717) is 0 Å². The maximum Gasteiger partial charge on any atom is -0.00247 e. The zero-order chi connectivity index (χ0) is 40.1. The Labute approximate surface area is 323 Å². The molecule has 6 N–H and O–H groups in total. The topological polar surface area (TPSA) is 87.8 Å². The Balaban J connectivity index is -0.000000120. The summed E-state index contributed by atoms with van der Waals surface area (Å²) in [5, 5.41) is 0. The van der Waals surface area contributed by atoms with Gasteiger partial charge in [-0.3, -0.25) is 0 Å². The first kappa shape index (κ1) is 61.2. The van der Waals surface area contributed by atoms with Crippen molar-refractivity contribution in [2.24, 2.45) is 17.2 Å². The summed E-state index contributed by atoms with van der Waals surface area (Å²) in [6.07, 6.45) is 37.5. The Morgan fingerprint density at radius 2 is 0.490 bits per heavy atom. The van der Waals surface area contributed by atoms with Crippen LogP contribution < -0.4 is 17.2 Å². The molecule has 0 saturated carbocycles. The lowest BCUT2D eigenvalue weighted by atomic mass is 10.1.